The number of benzene rings is 1. The highest BCUT2D eigenvalue weighted by molar-refractivity contribution is 6.33. The van der Waals surface area contributed by atoms with Crippen LogP contribution in [0.2, 0.25) is 5.02 Å². The Bertz CT molecular complexity index is 1060. The summed E-state index contributed by atoms with van der Waals surface area (Å²) in [5, 5.41) is 3.28. The normalized spacial score (nSPS) is 21.1. The first-order valence-corrected chi connectivity index (χ1v) is 12.8. The molecule has 4 nitrogen and oxygen atoms in total. The number of halogens is 5. The Morgan fingerprint density at radius 1 is 1.19 bits per heavy atom. The van der Waals surface area contributed by atoms with E-state index >= 15 is 0 Å². The number of rotatable bonds is 7. The molecule has 0 spiro atoms. The topological polar surface area (TPSA) is 55.4 Å². The van der Waals surface area contributed by atoms with Gasteiger partial charge in [-0.05, 0) is 69.7 Å². The van der Waals surface area contributed by atoms with Gasteiger partial charge in [-0.3, -0.25) is 9.59 Å². The predicted molar refractivity (Wildman–Crippen MR) is 136 cm³/mol. The van der Waals surface area contributed by atoms with Crippen LogP contribution in [0.1, 0.15) is 65.4 Å². The first-order valence-electron chi connectivity index (χ1n) is 12.0. The summed E-state index contributed by atoms with van der Waals surface area (Å²) in [6.07, 6.45) is 2.97. The van der Waals surface area contributed by atoms with Gasteiger partial charge in [-0.1, -0.05) is 54.8 Å². The van der Waals surface area contributed by atoms with Crippen molar-refractivity contribution >= 4 is 40.8 Å². The van der Waals surface area contributed by atoms with Crippen LogP contribution in [-0.2, 0) is 19.7 Å². The fraction of sp³-hybridized carbons (Fsp3) is 0.556. The molecule has 1 unspecified atom stereocenters. The van der Waals surface area contributed by atoms with Crippen LogP contribution < -0.4 is 5.32 Å². The maximum absolute atomic E-state index is 13.7. The number of hydrogen-bond donors (Lipinski definition) is 1. The quantitative estimate of drug-likeness (QED) is 0.353. The summed E-state index contributed by atoms with van der Waals surface area (Å²) in [4.78, 5) is 25.9. The van der Waals surface area contributed by atoms with E-state index in [0.29, 0.717) is 5.03 Å². The summed E-state index contributed by atoms with van der Waals surface area (Å²) in [7, 11) is 0. The lowest BCUT2D eigenvalue weighted by Crippen LogP contribution is -2.40. The van der Waals surface area contributed by atoms with Gasteiger partial charge in [0.05, 0.1) is 29.0 Å². The van der Waals surface area contributed by atoms with E-state index in [2.05, 4.69) is 5.32 Å². The number of ether oxygens (including phenoxy) is 1. The predicted octanol–water partition coefficient (Wildman–Crippen LogP) is 7.95. The molecule has 36 heavy (non-hydrogen) atoms. The Labute approximate surface area is 220 Å². The van der Waals surface area contributed by atoms with E-state index in [1.165, 1.54) is 6.08 Å². The molecule has 9 heteroatoms. The Balaban J connectivity index is 1.86. The molecule has 0 heterocycles. The molecule has 3 rings (SSSR count). The van der Waals surface area contributed by atoms with Gasteiger partial charge in [-0.15, -0.1) is 0 Å². The van der Waals surface area contributed by atoms with Crippen molar-refractivity contribution in [3.63, 3.8) is 0 Å². The number of anilines is 1. The fourth-order valence-electron chi connectivity index (χ4n) is 4.86. The van der Waals surface area contributed by atoms with Crippen LogP contribution in [0.3, 0.4) is 0 Å². The number of allylic oxidation sites excluding steroid dienone is 4. The molecule has 2 aliphatic carbocycles. The Hall–Kier alpha value is -1.99. The van der Waals surface area contributed by atoms with Crippen molar-refractivity contribution in [3.05, 3.63) is 52.0 Å². The zero-order chi connectivity index (χ0) is 26.9. The third kappa shape index (κ3) is 6.86. The van der Waals surface area contributed by atoms with Crippen LogP contribution in [0.5, 0.6) is 0 Å². The lowest BCUT2D eigenvalue weighted by Gasteiger charge is -2.42. The largest absolute Gasteiger partial charge is 0.460 e. The van der Waals surface area contributed by atoms with E-state index in [9.17, 15) is 22.8 Å². The fourth-order valence-corrected chi connectivity index (χ4v) is 5.19. The maximum Gasteiger partial charge on any atom is 0.392 e. The lowest BCUT2D eigenvalue weighted by atomic mass is 9.62. The van der Waals surface area contributed by atoms with Gasteiger partial charge >= 0.3 is 12.1 Å². The standard InChI is InChI=1S/C27H32Cl2F3NO3/c1-16(27(30,31)32)23(17-6-9-19(28)10-7-17)24(35)33-21-14-18(8-11-20(21)29)26(12-5-13-26)15-22(34)36-25(2,3)4/h6,8-11,14,16-17,23H,5,7,12-13,15H2,1-4H3,(H,33,35)/t16-,17?,23+/m1/s1. The minimum Gasteiger partial charge on any atom is -0.460 e. The van der Waals surface area contributed by atoms with Crippen LogP contribution in [0, 0.1) is 17.8 Å². The summed E-state index contributed by atoms with van der Waals surface area (Å²) < 4.78 is 46.6. The van der Waals surface area contributed by atoms with Crippen LogP contribution >= 0.6 is 23.2 Å². The third-order valence-corrected chi connectivity index (χ3v) is 7.57. The molecule has 1 saturated carbocycles. The number of carbonyl (C=O) groups is 2. The first-order chi connectivity index (χ1) is 16.6. The highest BCUT2D eigenvalue weighted by atomic mass is 35.5. The zero-order valence-corrected chi connectivity index (χ0v) is 22.4. The van der Waals surface area contributed by atoms with Crippen molar-refractivity contribution in [1.29, 1.82) is 0 Å². The monoisotopic (exact) mass is 545 g/mol. The van der Waals surface area contributed by atoms with Crippen LogP contribution in [0.25, 0.3) is 0 Å². The molecule has 0 aliphatic heterocycles. The first kappa shape index (κ1) is 28.6. The van der Waals surface area contributed by atoms with E-state index in [0.717, 1.165) is 31.7 Å². The minimum atomic E-state index is -4.56. The number of amides is 1. The van der Waals surface area contributed by atoms with Crippen molar-refractivity contribution in [2.45, 2.75) is 77.0 Å². The second-order valence-electron chi connectivity index (χ2n) is 10.8. The number of esters is 1. The number of nitrogens with one attached hydrogen (secondary N) is 1. The number of alkyl halides is 3. The van der Waals surface area contributed by atoms with Gasteiger partial charge in [-0.25, -0.2) is 0 Å². The van der Waals surface area contributed by atoms with Gasteiger partial charge in [0.2, 0.25) is 5.91 Å². The SMILES string of the molecule is C[C@H]([C@H](C(=O)Nc1cc(C2(CC(=O)OC(C)(C)C)CCC2)ccc1Cl)C1C=CC(Cl)=CC1)C(F)(F)F. The summed E-state index contributed by atoms with van der Waals surface area (Å²) in [5.41, 5.74) is -0.0498. The van der Waals surface area contributed by atoms with Gasteiger partial charge in [0, 0.05) is 10.4 Å². The van der Waals surface area contributed by atoms with Crippen molar-refractivity contribution < 1.29 is 27.5 Å². The van der Waals surface area contributed by atoms with Crippen LogP contribution in [0.4, 0.5) is 18.9 Å². The minimum absolute atomic E-state index is 0.174. The molecule has 1 amide bonds. The van der Waals surface area contributed by atoms with Gasteiger partial charge < -0.3 is 10.1 Å². The molecule has 0 radical (unpaired) electrons. The lowest BCUT2D eigenvalue weighted by molar-refractivity contribution is -0.188. The Morgan fingerprint density at radius 2 is 1.86 bits per heavy atom. The molecule has 0 saturated heterocycles. The van der Waals surface area contributed by atoms with Gasteiger partial charge in [0.25, 0.3) is 0 Å². The Kier molecular flexibility index (Phi) is 8.56. The van der Waals surface area contributed by atoms with Crippen molar-refractivity contribution in [3.8, 4) is 0 Å². The molecule has 3 atom stereocenters. The van der Waals surface area contributed by atoms with Crippen LogP contribution in [0.15, 0.2) is 41.5 Å². The molecule has 198 valence electrons. The zero-order valence-electron chi connectivity index (χ0n) is 20.8. The maximum atomic E-state index is 13.7. The molecular weight excluding hydrogens is 514 g/mol. The average Bonchev–Trinajstić information content (AvgIpc) is 2.72. The average molecular weight is 546 g/mol. The molecule has 1 aromatic rings. The summed E-state index contributed by atoms with van der Waals surface area (Å²) >= 11 is 12.3. The van der Waals surface area contributed by atoms with Crippen molar-refractivity contribution in [2.24, 2.45) is 17.8 Å². The summed E-state index contributed by atoms with van der Waals surface area (Å²) in [6, 6.07) is 5.08. The van der Waals surface area contributed by atoms with Crippen molar-refractivity contribution in [1.82, 2.24) is 0 Å². The van der Waals surface area contributed by atoms with Gasteiger partial charge in [-0.2, -0.15) is 13.2 Å². The smallest absolute Gasteiger partial charge is 0.392 e. The second kappa shape index (κ2) is 10.8. The van der Waals surface area contributed by atoms with E-state index in [-0.39, 0.29) is 29.5 Å². The highest BCUT2D eigenvalue weighted by Crippen LogP contribution is 2.48. The van der Waals surface area contributed by atoms with E-state index in [4.69, 9.17) is 27.9 Å². The van der Waals surface area contributed by atoms with Crippen molar-refractivity contribution in [2.75, 3.05) is 5.32 Å². The van der Waals surface area contributed by atoms with E-state index < -0.39 is 40.9 Å². The molecule has 0 bridgehead atoms. The molecule has 2 aliphatic rings. The van der Waals surface area contributed by atoms with Crippen LogP contribution in [-0.4, -0.2) is 23.7 Å². The highest BCUT2D eigenvalue weighted by Gasteiger charge is 2.47. The van der Waals surface area contributed by atoms with Gasteiger partial charge in [0.15, 0.2) is 0 Å². The molecule has 1 fully saturated rings. The Morgan fingerprint density at radius 3 is 2.36 bits per heavy atom. The number of hydrogen-bond acceptors (Lipinski definition) is 3. The number of carbonyl (C=O) groups excluding carboxylic acids is 2. The molecule has 0 aromatic heterocycles. The molecular formula is C27H32Cl2F3NO3. The summed E-state index contributed by atoms with van der Waals surface area (Å²) in [5.74, 6) is -5.02. The van der Waals surface area contributed by atoms with E-state index in [1.54, 1.807) is 51.1 Å². The molecule has 1 aromatic carbocycles. The second-order valence-corrected chi connectivity index (χ2v) is 11.6. The van der Waals surface area contributed by atoms with E-state index in [1.807, 2.05) is 0 Å². The third-order valence-electron chi connectivity index (χ3n) is 6.96. The summed E-state index contributed by atoms with van der Waals surface area (Å²) in [6.45, 7) is 6.42. The van der Waals surface area contributed by atoms with Gasteiger partial charge in [0.1, 0.15) is 5.60 Å². The molecule has 1 N–H and O–H groups in total.